The SMILES string of the molecule is O=C(O)C12CC(c3ccccc3)(CO1)C2. The molecular weight excluding hydrogens is 192 g/mol. The number of hydrogen-bond donors (Lipinski definition) is 1. The van der Waals surface area contributed by atoms with Crippen LogP contribution in [0.15, 0.2) is 30.3 Å². The fourth-order valence-electron chi connectivity index (χ4n) is 2.81. The molecule has 3 aliphatic rings. The van der Waals surface area contributed by atoms with Crippen LogP contribution in [0.4, 0.5) is 0 Å². The molecule has 78 valence electrons. The largest absolute Gasteiger partial charge is 0.479 e. The minimum Gasteiger partial charge on any atom is -0.479 e. The van der Waals surface area contributed by atoms with Gasteiger partial charge in [-0.15, -0.1) is 0 Å². The summed E-state index contributed by atoms with van der Waals surface area (Å²) in [5.74, 6) is -0.813. The summed E-state index contributed by atoms with van der Waals surface area (Å²) in [5.41, 5.74) is 0.301. The number of ether oxygens (including phenoxy) is 1. The van der Waals surface area contributed by atoms with Crippen molar-refractivity contribution in [1.82, 2.24) is 0 Å². The third-order valence-corrected chi connectivity index (χ3v) is 3.65. The van der Waals surface area contributed by atoms with Gasteiger partial charge in [-0.05, 0) is 18.4 Å². The van der Waals surface area contributed by atoms with Crippen LogP contribution in [-0.2, 0) is 14.9 Å². The van der Waals surface area contributed by atoms with E-state index in [9.17, 15) is 4.79 Å². The molecule has 1 aliphatic carbocycles. The van der Waals surface area contributed by atoms with Gasteiger partial charge < -0.3 is 9.84 Å². The van der Waals surface area contributed by atoms with E-state index < -0.39 is 11.6 Å². The topological polar surface area (TPSA) is 46.5 Å². The zero-order valence-electron chi connectivity index (χ0n) is 8.27. The van der Waals surface area contributed by atoms with Crippen LogP contribution in [0.2, 0.25) is 0 Å². The second-order valence-corrected chi connectivity index (χ2v) is 4.59. The van der Waals surface area contributed by atoms with Crippen molar-refractivity contribution in [3.05, 3.63) is 35.9 Å². The summed E-state index contributed by atoms with van der Waals surface area (Å²) in [6.45, 7) is 0.545. The van der Waals surface area contributed by atoms with Crippen molar-refractivity contribution in [1.29, 1.82) is 0 Å². The zero-order chi connectivity index (χ0) is 10.5. The lowest BCUT2D eigenvalue weighted by Gasteiger charge is -2.41. The Kier molecular flexibility index (Phi) is 1.55. The molecule has 1 aromatic carbocycles. The highest BCUT2D eigenvalue weighted by atomic mass is 16.5. The van der Waals surface area contributed by atoms with Gasteiger partial charge in [-0.2, -0.15) is 0 Å². The van der Waals surface area contributed by atoms with Crippen LogP contribution < -0.4 is 0 Å². The summed E-state index contributed by atoms with van der Waals surface area (Å²) in [7, 11) is 0. The van der Waals surface area contributed by atoms with E-state index in [1.165, 1.54) is 5.56 Å². The lowest BCUT2D eigenvalue weighted by Crippen LogP contribution is -2.52. The second-order valence-electron chi connectivity index (χ2n) is 4.59. The van der Waals surface area contributed by atoms with Crippen molar-refractivity contribution in [2.45, 2.75) is 23.9 Å². The average Bonchev–Trinajstić information content (AvgIpc) is 2.74. The van der Waals surface area contributed by atoms with Gasteiger partial charge in [-0.3, -0.25) is 0 Å². The number of rotatable bonds is 2. The van der Waals surface area contributed by atoms with E-state index in [1.54, 1.807) is 0 Å². The van der Waals surface area contributed by atoms with Crippen molar-refractivity contribution in [3.8, 4) is 0 Å². The third kappa shape index (κ3) is 1.01. The summed E-state index contributed by atoms with van der Waals surface area (Å²) < 4.78 is 5.43. The summed E-state index contributed by atoms with van der Waals surface area (Å²) in [4.78, 5) is 11.0. The fourth-order valence-corrected chi connectivity index (χ4v) is 2.81. The Morgan fingerprint density at radius 3 is 2.47 bits per heavy atom. The monoisotopic (exact) mass is 204 g/mol. The Hall–Kier alpha value is -1.35. The smallest absolute Gasteiger partial charge is 0.336 e. The van der Waals surface area contributed by atoms with Gasteiger partial charge in [0, 0.05) is 5.41 Å². The molecule has 15 heavy (non-hydrogen) atoms. The maximum atomic E-state index is 11.0. The first-order chi connectivity index (χ1) is 7.17. The Bertz CT molecular complexity index is 404. The average molecular weight is 204 g/mol. The summed E-state index contributed by atoms with van der Waals surface area (Å²) in [6.07, 6.45) is 1.25. The van der Waals surface area contributed by atoms with Gasteiger partial charge in [0.2, 0.25) is 0 Å². The number of benzene rings is 1. The molecule has 1 aromatic rings. The highest BCUT2D eigenvalue weighted by molar-refractivity contribution is 5.81. The number of aliphatic carboxylic acids is 1. The van der Waals surface area contributed by atoms with Gasteiger partial charge in [-0.1, -0.05) is 30.3 Å². The Morgan fingerprint density at radius 1 is 1.27 bits per heavy atom. The predicted octanol–water partition coefficient (Wildman–Crippen LogP) is 1.57. The van der Waals surface area contributed by atoms with E-state index in [0.717, 1.165) is 0 Å². The zero-order valence-corrected chi connectivity index (χ0v) is 8.27. The van der Waals surface area contributed by atoms with Gasteiger partial charge in [0.1, 0.15) is 0 Å². The van der Waals surface area contributed by atoms with E-state index >= 15 is 0 Å². The highest BCUT2D eigenvalue weighted by Gasteiger charge is 2.67. The van der Waals surface area contributed by atoms with E-state index in [0.29, 0.717) is 19.4 Å². The molecule has 1 N–H and O–H groups in total. The molecule has 2 heterocycles. The van der Waals surface area contributed by atoms with Crippen LogP contribution in [0, 0.1) is 0 Å². The Morgan fingerprint density at radius 2 is 1.93 bits per heavy atom. The fraction of sp³-hybridized carbons (Fsp3) is 0.417. The molecular formula is C12H12O3. The molecule has 2 aliphatic heterocycles. The molecule has 2 saturated heterocycles. The van der Waals surface area contributed by atoms with Crippen LogP contribution in [0.3, 0.4) is 0 Å². The van der Waals surface area contributed by atoms with Crippen LogP contribution in [0.25, 0.3) is 0 Å². The summed E-state index contributed by atoms with van der Waals surface area (Å²) in [5, 5.41) is 9.05. The molecule has 2 bridgehead atoms. The van der Waals surface area contributed by atoms with E-state index in [2.05, 4.69) is 12.1 Å². The van der Waals surface area contributed by atoms with Crippen molar-refractivity contribution in [2.24, 2.45) is 0 Å². The maximum Gasteiger partial charge on any atom is 0.336 e. The molecule has 3 nitrogen and oxygen atoms in total. The van der Waals surface area contributed by atoms with E-state index in [4.69, 9.17) is 9.84 Å². The molecule has 0 radical (unpaired) electrons. The predicted molar refractivity (Wildman–Crippen MR) is 53.7 cm³/mol. The minimum absolute atomic E-state index is 0.0281. The van der Waals surface area contributed by atoms with Gasteiger partial charge in [-0.25, -0.2) is 4.79 Å². The summed E-state index contributed by atoms with van der Waals surface area (Å²) in [6, 6.07) is 10.1. The lowest BCUT2D eigenvalue weighted by atomic mass is 9.59. The van der Waals surface area contributed by atoms with Crippen molar-refractivity contribution in [2.75, 3.05) is 6.61 Å². The Labute approximate surface area is 87.7 Å². The van der Waals surface area contributed by atoms with Crippen LogP contribution >= 0.6 is 0 Å². The third-order valence-electron chi connectivity index (χ3n) is 3.65. The molecule has 0 spiro atoms. The molecule has 1 saturated carbocycles. The van der Waals surface area contributed by atoms with Crippen molar-refractivity contribution < 1.29 is 14.6 Å². The maximum absolute atomic E-state index is 11.0. The van der Waals surface area contributed by atoms with E-state index in [1.807, 2.05) is 18.2 Å². The molecule has 3 heteroatoms. The van der Waals surface area contributed by atoms with Crippen LogP contribution in [0.5, 0.6) is 0 Å². The first-order valence-electron chi connectivity index (χ1n) is 5.10. The quantitative estimate of drug-likeness (QED) is 0.795. The summed E-state index contributed by atoms with van der Waals surface area (Å²) >= 11 is 0. The van der Waals surface area contributed by atoms with Crippen molar-refractivity contribution >= 4 is 5.97 Å². The minimum atomic E-state index is -0.879. The molecule has 3 fully saturated rings. The second kappa shape index (κ2) is 2.61. The Balaban J connectivity index is 1.91. The van der Waals surface area contributed by atoms with Crippen molar-refractivity contribution in [3.63, 3.8) is 0 Å². The first kappa shape index (κ1) is 8.92. The standard InChI is InChI=1S/C12H12O3/c13-10(14)12-6-11(7-12,8-15-12)9-4-2-1-3-5-9/h1-5H,6-8H2,(H,13,14). The first-order valence-corrected chi connectivity index (χ1v) is 5.10. The molecule has 0 aromatic heterocycles. The molecule has 0 unspecified atom stereocenters. The van der Waals surface area contributed by atoms with Crippen LogP contribution in [-0.4, -0.2) is 23.3 Å². The lowest BCUT2D eigenvalue weighted by molar-refractivity contribution is -0.162. The van der Waals surface area contributed by atoms with E-state index in [-0.39, 0.29) is 5.41 Å². The normalized spacial score (nSPS) is 37.3. The number of fused-ring (bicyclic) bond motifs is 1. The number of hydrogen-bond acceptors (Lipinski definition) is 2. The van der Waals surface area contributed by atoms with Crippen LogP contribution in [0.1, 0.15) is 18.4 Å². The molecule has 0 atom stereocenters. The molecule has 4 rings (SSSR count). The number of carboxylic acids is 1. The van der Waals surface area contributed by atoms with Gasteiger partial charge in [0.15, 0.2) is 5.60 Å². The van der Waals surface area contributed by atoms with Gasteiger partial charge in [0.05, 0.1) is 6.61 Å². The van der Waals surface area contributed by atoms with Gasteiger partial charge >= 0.3 is 5.97 Å². The molecule has 0 amide bonds. The highest BCUT2D eigenvalue weighted by Crippen LogP contribution is 2.58. The van der Waals surface area contributed by atoms with Gasteiger partial charge in [0.25, 0.3) is 0 Å². The number of carboxylic acid groups (broad SMARTS) is 1. The number of carbonyl (C=O) groups is 1.